The maximum absolute atomic E-state index is 4.43. The van der Waals surface area contributed by atoms with Crippen molar-refractivity contribution >= 4 is 22.3 Å². The molecule has 2 aromatic heterocycles. The molecule has 0 fully saturated rings. The molecular weight excluding hydrogens is 512 g/mol. The minimum absolute atomic E-state index is 0.944. The fourth-order valence-corrected chi connectivity index (χ4v) is 5.70. The van der Waals surface area contributed by atoms with E-state index < -0.39 is 0 Å². The highest BCUT2D eigenvalue weighted by Crippen LogP contribution is 2.57. The molecule has 0 saturated carbocycles. The molecule has 1 aliphatic carbocycles. The minimum atomic E-state index is 0.944. The maximum Gasteiger partial charge on any atom is 0.115 e. The molecule has 2 heterocycles. The van der Waals surface area contributed by atoms with Gasteiger partial charge in [0, 0.05) is 47.1 Å². The Bertz CT molecular complexity index is 1690. The van der Waals surface area contributed by atoms with Gasteiger partial charge in [0.25, 0.3) is 0 Å². The molecule has 0 aliphatic heterocycles. The molecule has 4 aromatic carbocycles. The summed E-state index contributed by atoms with van der Waals surface area (Å²) >= 11 is 0. The molecule has 0 radical (unpaired) electrons. The highest BCUT2D eigenvalue weighted by atomic mass is 14.8. The standard InChI is InChI=1S/C38H26N4/c1-5-13-27(14-6-1)33(28-15-7-2-8-16-28)37-35(31-21-39-25-40-22-31)36(32-23-41-26-42-24-32)38(37)34(29-17-9-3-10-18-29)30-19-11-4-12-20-30/h1-26H. The minimum Gasteiger partial charge on any atom is -0.244 e. The molecule has 42 heavy (non-hydrogen) atoms. The third-order valence-electron chi connectivity index (χ3n) is 7.45. The Morgan fingerprint density at radius 1 is 0.333 bits per heavy atom. The molecule has 0 bridgehead atoms. The summed E-state index contributed by atoms with van der Waals surface area (Å²) in [6.07, 6.45) is 10.7. The lowest BCUT2D eigenvalue weighted by molar-refractivity contribution is 1.14. The Balaban J connectivity index is 1.71. The number of hydrogen-bond acceptors (Lipinski definition) is 4. The van der Waals surface area contributed by atoms with Crippen LogP contribution in [-0.2, 0) is 0 Å². The molecular formula is C38H26N4. The molecule has 0 unspecified atom stereocenters. The van der Waals surface area contributed by atoms with Gasteiger partial charge in [0.2, 0.25) is 0 Å². The smallest absolute Gasteiger partial charge is 0.115 e. The van der Waals surface area contributed by atoms with Crippen molar-refractivity contribution in [3.63, 3.8) is 0 Å². The lowest BCUT2D eigenvalue weighted by Gasteiger charge is -2.36. The summed E-state index contributed by atoms with van der Waals surface area (Å²) in [7, 11) is 0. The Labute approximate surface area is 245 Å². The van der Waals surface area contributed by atoms with Crippen molar-refractivity contribution in [3.05, 3.63) is 203 Å². The monoisotopic (exact) mass is 538 g/mol. The Kier molecular flexibility index (Phi) is 6.85. The summed E-state index contributed by atoms with van der Waals surface area (Å²) < 4.78 is 0. The van der Waals surface area contributed by atoms with Crippen molar-refractivity contribution in [3.8, 4) is 0 Å². The first-order valence-corrected chi connectivity index (χ1v) is 13.9. The van der Waals surface area contributed by atoms with Crippen molar-refractivity contribution in [2.24, 2.45) is 0 Å². The molecule has 7 rings (SSSR count). The predicted octanol–water partition coefficient (Wildman–Crippen LogP) is 8.20. The Hall–Kier alpha value is -5.74. The second-order valence-corrected chi connectivity index (χ2v) is 9.97. The van der Waals surface area contributed by atoms with Crippen molar-refractivity contribution in [2.75, 3.05) is 0 Å². The number of rotatable bonds is 6. The SMILES string of the molecule is c1ccc(C(=C2C(=C(c3ccccc3)c3ccccc3)C(c3cncnc3)=C2c2cncnc2)c2ccccc2)cc1. The highest BCUT2D eigenvalue weighted by molar-refractivity contribution is 6.26. The average Bonchev–Trinajstić information content (AvgIpc) is 3.07. The van der Waals surface area contributed by atoms with Gasteiger partial charge in [-0.25, -0.2) is 19.9 Å². The van der Waals surface area contributed by atoms with Gasteiger partial charge in [0.05, 0.1) is 0 Å². The number of aromatic nitrogens is 4. The fourth-order valence-electron chi connectivity index (χ4n) is 5.70. The number of nitrogens with zero attached hydrogens (tertiary/aromatic N) is 4. The van der Waals surface area contributed by atoms with E-state index in [1.165, 1.54) is 0 Å². The Morgan fingerprint density at radius 3 is 0.857 bits per heavy atom. The van der Waals surface area contributed by atoms with Crippen LogP contribution in [0.25, 0.3) is 22.3 Å². The molecule has 4 heteroatoms. The van der Waals surface area contributed by atoms with Crippen molar-refractivity contribution < 1.29 is 0 Å². The second-order valence-electron chi connectivity index (χ2n) is 9.97. The Morgan fingerprint density at radius 2 is 0.595 bits per heavy atom. The first-order valence-electron chi connectivity index (χ1n) is 13.9. The van der Waals surface area contributed by atoms with Crippen LogP contribution in [0.5, 0.6) is 0 Å². The zero-order valence-corrected chi connectivity index (χ0v) is 22.8. The van der Waals surface area contributed by atoms with Crippen LogP contribution in [0.4, 0.5) is 0 Å². The van der Waals surface area contributed by atoms with Crippen LogP contribution >= 0.6 is 0 Å². The predicted molar refractivity (Wildman–Crippen MR) is 169 cm³/mol. The third kappa shape index (κ3) is 4.65. The molecule has 0 N–H and O–H groups in total. The van der Waals surface area contributed by atoms with Gasteiger partial charge in [0.1, 0.15) is 12.7 Å². The first-order chi connectivity index (χ1) is 20.9. The van der Waals surface area contributed by atoms with Crippen LogP contribution in [0.15, 0.2) is 170 Å². The summed E-state index contributed by atoms with van der Waals surface area (Å²) in [6, 6.07) is 42.4. The third-order valence-corrected chi connectivity index (χ3v) is 7.45. The normalized spacial score (nSPS) is 12.6. The van der Waals surface area contributed by atoms with E-state index in [4.69, 9.17) is 0 Å². The zero-order valence-electron chi connectivity index (χ0n) is 22.8. The molecule has 1 aliphatic rings. The average molecular weight is 539 g/mol. The van der Waals surface area contributed by atoms with E-state index in [2.05, 4.69) is 141 Å². The first kappa shape index (κ1) is 25.2. The summed E-state index contributed by atoms with van der Waals surface area (Å²) in [4.78, 5) is 17.7. The van der Waals surface area contributed by atoms with Gasteiger partial charge in [-0.05, 0) is 44.5 Å². The van der Waals surface area contributed by atoms with Crippen LogP contribution in [-0.4, -0.2) is 19.9 Å². The molecule has 4 nitrogen and oxygen atoms in total. The summed E-state index contributed by atoms with van der Waals surface area (Å²) in [5.41, 5.74) is 13.2. The van der Waals surface area contributed by atoms with Gasteiger partial charge in [-0.1, -0.05) is 121 Å². The molecule has 6 aromatic rings. The van der Waals surface area contributed by atoms with Crippen molar-refractivity contribution in [1.82, 2.24) is 19.9 Å². The highest BCUT2D eigenvalue weighted by Gasteiger charge is 2.38. The molecule has 0 amide bonds. The van der Waals surface area contributed by atoms with E-state index >= 15 is 0 Å². The topological polar surface area (TPSA) is 51.6 Å². The van der Waals surface area contributed by atoms with Crippen molar-refractivity contribution in [1.29, 1.82) is 0 Å². The summed E-state index contributed by atoms with van der Waals surface area (Å²) in [5.74, 6) is 0. The van der Waals surface area contributed by atoms with Crippen LogP contribution in [0, 0.1) is 0 Å². The molecule has 0 atom stereocenters. The van der Waals surface area contributed by atoms with Gasteiger partial charge in [-0.15, -0.1) is 0 Å². The van der Waals surface area contributed by atoms with Gasteiger partial charge >= 0.3 is 0 Å². The largest absolute Gasteiger partial charge is 0.244 e. The van der Waals surface area contributed by atoms with E-state index in [-0.39, 0.29) is 0 Å². The van der Waals surface area contributed by atoms with Gasteiger partial charge in [-0.2, -0.15) is 0 Å². The number of benzene rings is 4. The lowest BCUT2D eigenvalue weighted by atomic mass is 9.66. The summed E-state index contributed by atoms with van der Waals surface area (Å²) in [6.45, 7) is 0. The molecule has 0 spiro atoms. The molecule has 0 saturated heterocycles. The quantitative estimate of drug-likeness (QED) is 0.214. The number of hydrogen-bond donors (Lipinski definition) is 0. The van der Waals surface area contributed by atoms with Crippen LogP contribution in [0.3, 0.4) is 0 Å². The van der Waals surface area contributed by atoms with E-state index in [0.717, 1.165) is 66.8 Å². The number of allylic oxidation sites excluding steroid dienone is 4. The van der Waals surface area contributed by atoms with E-state index in [9.17, 15) is 0 Å². The van der Waals surface area contributed by atoms with Crippen LogP contribution < -0.4 is 0 Å². The van der Waals surface area contributed by atoms with E-state index in [1.807, 2.05) is 24.8 Å². The van der Waals surface area contributed by atoms with Crippen molar-refractivity contribution in [2.45, 2.75) is 0 Å². The zero-order chi connectivity index (χ0) is 28.1. The van der Waals surface area contributed by atoms with Gasteiger partial charge in [-0.3, -0.25) is 0 Å². The summed E-state index contributed by atoms with van der Waals surface area (Å²) in [5, 5.41) is 0. The lowest BCUT2D eigenvalue weighted by Crippen LogP contribution is -2.17. The maximum atomic E-state index is 4.43. The second kappa shape index (κ2) is 11.4. The van der Waals surface area contributed by atoms with Gasteiger partial charge < -0.3 is 0 Å². The van der Waals surface area contributed by atoms with E-state index in [1.54, 1.807) is 12.7 Å². The molecule has 198 valence electrons. The van der Waals surface area contributed by atoms with Crippen LogP contribution in [0.1, 0.15) is 33.4 Å². The van der Waals surface area contributed by atoms with E-state index in [0.29, 0.717) is 0 Å². The van der Waals surface area contributed by atoms with Gasteiger partial charge in [0.15, 0.2) is 0 Å². The van der Waals surface area contributed by atoms with Crippen LogP contribution in [0.2, 0.25) is 0 Å². The fraction of sp³-hybridized carbons (Fsp3) is 0.